The van der Waals surface area contributed by atoms with Crippen molar-refractivity contribution in [3.05, 3.63) is 59.0 Å². The van der Waals surface area contributed by atoms with Gasteiger partial charge in [-0.3, -0.25) is 4.57 Å². The molecule has 0 saturated heterocycles. The van der Waals surface area contributed by atoms with Gasteiger partial charge in [0, 0.05) is 13.0 Å². The van der Waals surface area contributed by atoms with Gasteiger partial charge in [0.15, 0.2) is 4.77 Å². The van der Waals surface area contributed by atoms with E-state index >= 15 is 0 Å². The van der Waals surface area contributed by atoms with Gasteiger partial charge in [-0.1, -0.05) is 36.4 Å². The number of allylic oxidation sites excluding steroid dienone is 1. The van der Waals surface area contributed by atoms with E-state index in [1.807, 2.05) is 30.3 Å². The number of aromatic amines is 1. The first-order valence-electron chi connectivity index (χ1n) is 5.38. The summed E-state index contributed by atoms with van der Waals surface area (Å²) in [7, 11) is 0. The van der Waals surface area contributed by atoms with E-state index in [2.05, 4.69) is 11.6 Å². The third kappa shape index (κ3) is 2.47. The van der Waals surface area contributed by atoms with Gasteiger partial charge in [-0.05, 0) is 17.8 Å². The summed E-state index contributed by atoms with van der Waals surface area (Å²) >= 11 is 5.14. The number of aromatic nitrogens is 2. The van der Waals surface area contributed by atoms with E-state index in [1.165, 1.54) is 0 Å². The van der Waals surface area contributed by atoms with Gasteiger partial charge in [-0.15, -0.1) is 6.58 Å². The number of benzene rings is 1. The second-order valence-corrected chi connectivity index (χ2v) is 4.18. The number of imidazole rings is 1. The predicted octanol–water partition coefficient (Wildman–Crippen LogP) is 3.03. The Hall–Kier alpha value is -1.81. The minimum absolute atomic E-state index is 0.193. The van der Waals surface area contributed by atoms with Crippen molar-refractivity contribution >= 4 is 12.2 Å². The zero-order valence-electron chi connectivity index (χ0n) is 9.39. The monoisotopic (exact) mass is 246 g/mol. The molecule has 2 aromatic rings. The summed E-state index contributed by atoms with van der Waals surface area (Å²) in [4.78, 5) is 3.03. The number of H-pyrrole nitrogens is 1. The maximum atomic E-state index is 10.0. The zero-order chi connectivity index (χ0) is 12.3. The molecule has 0 aliphatic heterocycles. The number of rotatable bonds is 4. The second-order valence-electron chi connectivity index (χ2n) is 3.79. The van der Waals surface area contributed by atoms with Crippen LogP contribution < -0.4 is 0 Å². The lowest BCUT2D eigenvalue weighted by molar-refractivity contribution is 0.420. The van der Waals surface area contributed by atoms with Gasteiger partial charge < -0.3 is 10.1 Å². The second kappa shape index (κ2) is 5.01. The fourth-order valence-corrected chi connectivity index (χ4v) is 2.02. The first-order chi connectivity index (χ1) is 8.22. The summed E-state index contributed by atoms with van der Waals surface area (Å²) in [5.74, 6) is 0.193. The molecule has 1 heterocycles. The van der Waals surface area contributed by atoms with Gasteiger partial charge in [0.1, 0.15) is 0 Å². The van der Waals surface area contributed by atoms with E-state index in [1.54, 1.807) is 10.6 Å². The van der Waals surface area contributed by atoms with Gasteiger partial charge in [0.25, 0.3) is 0 Å². The Labute approximate surface area is 105 Å². The zero-order valence-corrected chi connectivity index (χ0v) is 10.2. The highest BCUT2D eigenvalue weighted by Gasteiger charge is 2.10. The molecule has 0 aliphatic rings. The van der Waals surface area contributed by atoms with Crippen LogP contribution >= 0.6 is 12.2 Å². The quantitative estimate of drug-likeness (QED) is 0.643. The molecule has 2 rings (SSSR count). The van der Waals surface area contributed by atoms with Crippen LogP contribution in [0.15, 0.2) is 43.0 Å². The minimum Gasteiger partial charge on any atom is -0.493 e. The molecule has 1 aromatic heterocycles. The number of aromatic hydroxyl groups is 1. The average Bonchev–Trinajstić information content (AvgIpc) is 2.59. The fourth-order valence-electron chi connectivity index (χ4n) is 1.73. The van der Waals surface area contributed by atoms with E-state index in [4.69, 9.17) is 12.2 Å². The lowest BCUT2D eigenvalue weighted by Gasteiger charge is -2.01. The molecule has 0 unspecified atom stereocenters. The van der Waals surface area contributed by atoms with Crippen molar-refractivity contribution in [2.24, 2.45) is 0 Å². The lowest BCUT2D eigenvalue weighted by Crippen LogP contribution is -1.94. The van der Waals surface area contributed by atoms with Crippen molar-refractivity contribution in [1.29, 1.82) is 0 Å². The highest BCUT2D eigenvalue weighted by Crippen LogP contribution is 2.20. The van der Waals surface area contributed by atoms with E-state index in [0.717, 1.165) is 11.3 Å². The van der Waals surface area contributed by atoms with Gasteiger partial charge in [0.2, 0.25) is 5.88 Å². The molecule has 0 bridgehead atoms. The van der Waals surface area contributed by atoms with Crippen LogP contribution in [-0.2, 0) is 13.0 Å². The van der Waals surface area contributed by atoms with Crippen LogP contribution in [-0.4, -0.2) is 14.7 Å². The summed E-state index contributed by atoms with van der Waals surface area (Å²) in [6.07, 6.45) is 2.34. The Morgan fingerprint density at radius 1 is 1.35 bits per heavy atom. The van der Waals surface area contributed by atoms with E-state index < -0.39 is 0 Å². The highest BCUT2D eigenvalue weighted by atomic mass is 32.1. The first kappa shape index (κ1) is 11.7. The molecule has 0 fully saturated rings. The third-order valence-electron chi connectivity index (χ3n) is 2.56. The van der Waals surface area contributed by atoms with Gasteiger partial charge in [0.05, 0.1) is 5.69 Å². The van der Waals surface area contributed by atoms with Crippen LogP contribution in [0.2, 0.25) is 0 Å². The van der Waals surface area contributed by atoms with Crippen molar-refractivity contribution in [2.45, 2.75) is 13.0 Å². The molecule has 0 saturated carbocycles. The third-order valence-corrected chi connectivity index (χ3v) is 2.89. The minimum atomic E-state index is 0.193. The Morgan fingerprint density at radius 3 is 2.71 bits per heavy atom. The van der Waals surface area contributed by atoms with Crippen molar-refractivity contribution < 1.29 is 5.11 Å². The van der Waals surface area contributed by atoms with Gasteiger partial charge in [-0.2, -0.15) is 0 Å². The number of nitrogens with one attached hydrogen (secondary N) is 1. The molecule has 2 N–H and O–H groups in total. The number of hydrogen-bond acceptors (Lipinski definition) is 2. The topological polar surface area (TPSA) is 41.0 Å². The SMILES string of the molecule is C=CCn1c(O)c(Cc2ccccc2)[nH]c1=S. The summed E-state index contributed by atoms with van der Waals surface area (Å²) < 4.78 is 2.15. The maximum Gasteiger partial charge on any atom is 0.213 e. The lowest BCUT2D eigenvalue weighted by atomic mass is 10.1. The molecular formula is C13H14N2OS. The molecule has 0 aliphatic carbocycles. The summed E-state index contributed by atoms with van der Waals surface area (Å²) in [5, 5.41) is 10.0. The Morgan fingerprint density at radius 2 is 2.06 bits per heavy atom. The van der Waals surface area contributed by atoms with Crippen LogP contribution in [0.4, 0.5) is 0 Å². The molecule has 0 atom stereocenters. The van der Waals surface area contributed by atoms with Crippen molar-refractivity contribution in [1.82, 2.24) is 9.55 Å². The Kier molecular flexibility index (Phi) is 3.44. The van der Waals surface area contributed by atoms with E-state index in [0.29, 0.717) is 17.7 Å². The molecule has 88 valence electrons. The van der Waals surface area contributed by atoms with Crippen molar-refractivity contribution in [3.8, 4) is 5.88 Å². The molecule has 1 aromatic carbocycles. The molecule has 3 nitrogen and oxygen atoms in total. The fraction of sp³-hybridized carbons (Fsp3) is 0.154. The molecule has 0 radical (unpaired) electrons. The van der Waals surface area contributed by atoms with Crippen LogP contribution in [0.25, 0.3) is 0 Å². The van der Waals surface area contributed by atoms with Crippen LogP contribution in [0, 0.1) is 4.77 Å². The molecular weight excluding hydrogens is 232 g/mol. The first-order valence-corrected chi connectivity index (χ1v) is 5.78. The molecule has 17 heavy (non-hydrogen) atoms. The number of hydrogen-bond donors (Lipinski definition) is 2. The molecule has 4 heteroatoms. The van der Waals surface area contributed by atoms with Gasteiger partial charge in [-0.25, -0.2) is 0 Å². The standard InChI is InChI=1S/C13H14N2OS/c1-2-8-15-12(16)11(14-13(15)17)9-10-6-4-3-5-7-10/h2-7,16H,1,8-9H2,(H,14,17). The van der Waals surface area contributed by atoms with Crippen molar-refractivity contribution in [3.63, 3.8) is 0 Å². The normalized spacial score (nSPS) is 10.4. The van der Waals surface area contributed by atoms with E-state index in [9.17, 15) is 5.11 Å². The summed E-state index contributed by atoms with van der Waals surface area (Å²) in [5.41, 5.74) is 1.87. The largest absolute Gasteiger partial charge is 0.493 e. The molecule has 0 amide bonds. The predicted molar refractivity (Wildman–Crippen MR) is 70.7 cm³/mol. The van der Waals surface area contributed by atoms with Gasteiger partial charge >= 0.3 is 0 Å². The number of nitrogens with zero attached hydrogens (tertiary/aromatic N) is 1. The molecule has 0 spiro atoms. The Bertz CT molecular complexity index is 569. The summed E-state index contributed by atoms with van der Waals surface area (Å²) in [6, 6.07) is 9.94. The maximum absolute atomic E-state index is 10.0. The van der Waals surface area contributed by atoms with Crippen LogP contribution in [0.5, 0.6) is 5.88 Å². The van der Waals surface area contributed by atoms with Crippen LogP contribution in [0.1, 0.15) is 11.3 Å². The van der Waals surface area contributed by atoms with E-state index in [-0.39, 0.29) is 5.88 Å². The summed E-state index contributed by atoms with van der Waals surface area (Å²) in [6.45, 7) is 4.15. The average molecular weight is 246 g/mol. The highest BCUT2D eigenvalue weighted by molar-refractivity contribution is 7.71. The van der Waals surface area contributed by atoms with Crippen LogP contribution in [0.3, 0.4) is 0 Å². The smallest absolute Gasteiger partial charge is 0.213 e. The Balaban J connectivity index is 2.31. The van der Waals surface area contributed by atoms with Crippen molar-refractivity contribution in [2.75, 3.05) is 0 Å².